The van der Waals surface area contributed by atoms with Gasteiger partial charge in [0.15, 0.2) is 11.5 Å². The minimum atomic E-state index is 0.427. The number of hydrogen-bond acceptors (Lipinski definition) is 5. The lowest BCUT2D eigenvalue weighted by Crippen LogP contribution is -2.15. The first-order valence-corrected chi connectivity index (χ1v) is 6.70. The monoisotopic (exact) mass is 280 g/mol. The molecule has 2 heterocycles. The fraction of sp³-hybridized carbons (Fsp3) is 0.125. The largest absolute Gasteiger partial charge is 0.486 e. The van der Waals surface area contributed by atoms with Crippen LogP contribution in [0, 0.1) is 0 Å². The van der Waals surface area contributed by atoms with Gasteiger partial charge in [0.25, 0.3) is 5.89 Å². The molecule has 1 aromatic heterocycles. The minimum Gasteiger partial charge on any atom is -0.486 e. The van der Waals surface area contributed by atoms with Crippen LogP contribution in [0.15, 0.2) is 52.9 Å². The number of aromatic nitrogens is 2. The number of hydrogen-bond donors (Lipinski definition) is 0. The van der Waals surface area contributed by atoms with Crippen LogP contribution in [0.5, 0.6) is 11.5 Å². The second-order valence-electron chi connectivity index (χ2n) is 4.61. The second kappa shape index (κ2) is 4.94. The summed E-state index contributed by atoms with van der Waals surface area (Å²) in [6.07, 6.45) is 0. The molecule has 0 bridgehead atoms. The number of rotatable bonds is 2. The van der Waals surface area contributed by atoms with E-state index in [2.05, 4.69) is 10.2 Å². The van der Waals surface area contributed by atoms with Gasteiger partial charge in [0, 0.05) is 5.56 Å². The summed E-state index contributed by atoms with van der Waals surface area (Å²) in [6.45, 7) is 1.07. The molecule has 3 aromatic rings. The molecule has 104 valence electrons. The molecule has 0 atom stereocenters. The molecule has 1 aliphatic rings. The minimum absolute atomic E-state index is 0.427. The summed E-state index contributed by atoms with van der Waals surface area (Å²) in [7, 11) is 0. The van der Waals surface area contributed by atoms with Crippen molar-refractivity contribution in [3.05, 3.63) is 48.5 Å². The summed E-state index contributed by atoms with van der Waals surface area (Å²) < 4.78 is 17.0. The van der Waals surface area contributed by atoms with Crippen molar-refractivity contribution in [3.8, 4) is 34.4 Å². The highest BCUT2D eigenvalue weighted by molar-refractivity contribution is 5.68. The summed E-state index contributed by atoms with van der Waals surface area (Å²) in [5.74, 6) is 2.28. The summed E-state index contributed by atoms with van der Waals surface area (Å²) in [5, 5.41) is 8.22. The molecule has 4 rings (SSSR count). The highest BCUT2D eigenvalue weighted by Crippen LogP contribution is 2.39. The molecule has 0 amide bonds. The van der Waals surface area contributed by atoms with Gasteiger partial charge in [0.05, 0.1) is 5.56 Å². The number of fused-ring (bicyclic) bond motifs is 1. The molecule has 5 heteroatoms. The fourth-order valence-corrected chi connectivity index (χ4v) is 2.27. The predicted molar refractivity (Wildman–Crippen MR) is 76.2 cm³/mol. The second-order valence-corrected chi connectivity index (χ2v) is 4.61. The van der Waals surface area contributed by atoms with Crippen molar-refractivity contribution in [2.24, 2.45) is 0 Å². The van der Waals surface area contributed by atoms with E-state index in [1.165, 1.54) is 0 Å². The third kappa shape index (κ3) is 2.12. The van der Waals surface area contributed by atoms with Crippen molar-refractivity contribution in [2.75, 3.05) is 13.2 Å². The Balaban J connectivity index is 1.77. The quantitative estimate of drug-likeness (QED) is 0.721. The van der Waals surface area contributed by atoms with E-state index < -0.39 is 0 Å². The van der Waals surface area contributed by atoms with Crippen molar-refractivity contribution in [1.82, 2.24) is 10.2 Å². The van der Waals surface area contributed by atoms with Gasteiger partial charge in [-0.15, -0.1) is 10.2 Å². The molecule has 0 N–H and O–H groups in total. The number of nitrogens with zero attached hydrogens (tertiary/aromatic N) is 2. The van der Waals surface area contributed by atoms with Crippen LogP contribution >= 0.6 is 0 Å². The van der Waals surface area contributed by atoms with Crippen LogP contribution in [-0.4, -0.2) is 23.4 Å². The van der Waals surface area contributed by atoms with Crippen LogP contribution in [0.3, 0.4) is 0 Å². The van der Waals surface area contributed by atoms with E-state index in [-0.39, 0.29) is 0 Å². The Kier molecular flexibility index (Phi) is 2.81. The zero-order valence-electron chi connectivity index (χ0n) is 11.2. The maximum absolute atomic E-state index is 5.76. The van der Waals surface area contributed by atoms with Crippen molar-refractivity contribution in [1.29, 1.82) is 0 Å². The van der Waals surface area contributed by atoms with E-state index in [0.717, 1.165) is 11.1 Å². The molecule has 0 fully saturated rings. The van der Waals surface area contributed by atoms with E-state index in [1.807, 2.05) is 48.5 Å². The Morgan fingerprint density at radius 2 is 1.57 bits per heavy atom. The van der Waals surface area contributed by atoms with E-state index in [9.17, 15) is 0 Å². The standard InChI is InChI=1S/C16H12N2O3/c1-2-5-11(6-3-1)15-17-18-16(21-15)12-7-4-8-13-14(12)20-10-9-19-13/h1-8H,9-10H2. The molecule has 5 nitrogen and oxygen atoms in total. The van der Waals surface area contributed by atoms with E-state index in [1.54, 1.807) is 0 Å². The normalized spacial score (nSPS) is 13.1. The molecular formula is C16H12N2O3. The molecular weight excluding hydrogens is 268 g/mol. The smallest absolute Gasteiger partial charge is 0.252 e. The zero-order chi connectivity index (χ0) is 14.1. The predicted octanol–water partition coefficient (Wildman–Crippen LogP) is 3.17. The molecule has 0 unspecified atom stereocenters. The lowest BCUT2D eigenvalue weighted by molar-refractivity contribution is 0.172. The average molecular weight is 280 g/mol. The van der Waals surface area contributed by atoms with Gasteiger partial charge >= 0.3 is 0 Å². The molecule has 21 heavy (non-hydrogen) atoms. The molecule has 0 saturated carbocycles. The van der Waals surface area contributed by atoms with Gasteiger partial charge in [-0.25, -0.2) is 0 Å². The number of benzene rings is 2. The molecule has 0 spiro atoms. The summed E-state index contributed by atoms with van der Waals surface area (Å²) in [5.41, 5.74) is 1.64. The number of para-hydroxylation sites is 1. The van der Waals surface area contributed by atoms with Crippen molar-refractivity contribution >= 4 is 0 Å². The van der Waals surface area contributed by atoms with Gasteiger partial charge in [0.1, 0.15) is 13.2 Å². The first-order chi connectivity index (χ1) is 10.4. The first-order valence-electron chi connectivity index (χ1n) is 6.70. The Bertz CT molecular complexity index is 768. The lowest BCUT2D eigenvalue weighted by Gasteiger charge is -2.19. The third-order valence-electron chi connectivity index (χ3n) is 3.24. The van der Waals surface area contributed by atoms with Gasteiger partial charge in [-0.1, -0.05) is 24.3 Å². The van der Waals surface area contributed by atoms with Gasteiger partial charge in [-0.2, -0.15) is 0 Å². The van der Waals surface area contributed by atoms with Crippen molar-refractivity contribution < 1.29 is 13.9 Å². The van der Waals surface area contributed by atoms with Crippen LogP contribution in [0.4, 0.5) is 0 Å². The Morgan fingerprint density at radius 1 is 0.762 bits per heavy atom. The summed E-state index contributed by atoms with van der Waals surface area (Å²) in [4.78, 5) is 0. The highest BCUT2D eigenvalue weighted by atomic mass is 16.6. The number of ether oxygens (including phenoxy) is 2. The van der Waals surface area contributed by atoms with Gasteiger partial charge in [0.2, 0.25) is 5.89 Å². The van der Waals surface area contributed by atoms with Crippen LogP contribution in [-0.2, 0) is 0 Å². The zero-order valence-corrected chi connectivity index (χ0v) is 11.2. The van der Waals surface area contributed by atoms with Gasteiger partial charge in [-0.05, 0) is 24.3 Å². The van der Waals surface area contributed by atoms with Gasteiger partial charge in [-0.3, -0.25) is 0 Å². The van der Waals surface area contributed by atoms with Crippen molar-refractivity contribution in [2.45, 2.75) is 0 Å². The SMILES string of the molecule is c1ccc(-c2nnc(-c3cccc4c3OCCO4)o2)cc1. The molecule has 0 aliphatic carbocycles. The summed E-state index contributed by atoms with van der Waals surface area (Å²) >= 11 is 0. The summed E-state index contributed by atoms with van der Waals surface area (Å²) in [6, 6.07) is 15.3. The van der Waals surface area contributed by atoms with Crippen molar-refractivity contribution in [3.63, 3.8) is 0 Å². The fourth-order valence-electron chi connectivity index (χ4n) is 2.27. The van der Waals surface area contributed by atoms with Crippen LogP contribution < -0.4 is 9.47 Å². The maximum atomic E-state index is 5.76. The third-order valence-corrected chi connectivity index (χ3v) is 3.24. The Morgan fingerprint density at radius 3 is 2.48 bits per heavy atom. The first kappa shape index (κ1) is 12.0. The highest BCUT2D eigenvalue weighted by Gasteiger charge is 2.20. The molecule has 0 saturated heterocycles. The van der Waals surface area contributed by atoms with Crippen LogP contribution in [0.1, 0.15) is 0 Å². The molecule has 2 aromatic carbocycles. The maximum Gasteiger partial charge on any atom is 0.252 e. The van der Waals surface area contributed by atoms with E-state index >= 15 is 0 Å². The van der Waals surface area contributed by atoms with E-state index in [4.69, 9.17) is 13.9 Å². The average Bonchev–Trinajstić information content (AvgIpc) is 3.05. The van der Waals surface area contributed by atoms with Crippen LogP contribution in [0.25, 0.3) is 22.9 Å². The van der Waals surface area contributed by atoms with Gasteiger partial charge < -0.3 is 13.9 Å². The van der Waals surface area contributed by atoms with E-state index in [0.29, 0.717) is 36.5 Å². The molecule has 0 radical (unpaired) electrons. The topological polar surface area (TPSA) is 57.4 Å². The molecule has 1 aliphatic heterocycles. The lowest BCUT2D eigenvalue weighted by atomic mass is 10.2. The Labute approximate surface area is 121 Å². The Hall–Kier alpha value is -2.82. The van der Waals surface area contributed by atoms with Crippen LogP contribution in [0.2, 0.25) is 0 Å².